The van der Waals surface area contributed by atoms with E-state index in [4.69, 9.17) is 4.74 Å². The summed E-state index contributed by atoms with van der Waals surface area (Å²) in [5, 5.41) is 11.3. The molecule has 2 amide bonds. The van der Waals surface area contributed by atoms with E-state index < -0.39 is 6.09 Å². The third-order valence-corrected chi connectivity index (χ3v) is 2.38. The minimum Gasteiger partial charge on any atom is -0.463 e. The van der Waals surface area contributed by atoms with Crippen molar-refractivity contribution in [2.75, 3.05) is 24.8 Å². The highest BCUT2D eigenvalue weighted by Crippen LogP contribution is 2.17. The fraction of sp³-hybridized carbons (Fsp3) is 0.273. The van der Waals surface area contributed by atoms with Crippen molar-refractivity contribution in [3.8, 4) is 0 Å². The molecule has 2 rings (SSSR count). The van der Waals surface area contributed by atoms with Gasteiger partial charge in [-0.3, -0.25) is 4.79 Å². The van der Waals surface area contributed by atoms with Gasteiger partial charge in [0, 0.05) is 0 Å². The Hall–Kier alpha value is -2.08. The van der Waals surface area contributed by atoms with Crippen molar-refractivity contribution in [3.05, 3.63) is 30.3 Å². The molecule has 1 aliphatic heterocycles. The molecule has 90 valence electrons. The molecule has 1 aliphatic rings. The van der Waals surface area contributed by atoms with Crippen molar-refractivity contribution < 1.29 is 19.4 Å². The normalized spacial score (nSPS) is 15.8. The summed E-state index contributed by atoms with van der Waals surface area (Å²) in [6, 6.07) is 8.49. The number of carbonyl (C=O) groups excluding carboxylic acids is 1. The molecular weight excluding hydrogens is 224 g/mol. The van der Waals surface area contributed by atoms with Crippen LogP contribution in [0.5, 0.6) is 0 Å². The maximum absolute atomic E-state index is 11.6. The number of hydrogen-bond donors (Lipinski definition) is 1. The summed E-state index contributed by atoms with van der Waals surface area (Å²) in [5.74, 6) is -0.359. The second kappa shape index (κ2) is 4.84. The zero-order valence-corrected chi connectivity index (χ0v) is 9.07. The number of benzene rings is 1. The van der Waals surface area contributed by atoms with Gasteiger partial charge in [-0.1, -0.05) is 18.2 Å². The van der Waals surface area contributed by atoms with Crippen molar-refractivity contribution in [1.29, 1.82) is 0 Å². The number of rotatable bonds is 2. The van der Waals surface area contributed by atoms with Crippen molar-refractivity contribution in [2.24, 2.45) is 0 Å². The average Bonchev–Trinajstić information content (AvgIpc) is 2.33. The molecule has 0 bridgehead atoms. The van der Waals surface area contributed by atoms with Crippen molar-refractivity contribution >= 4 is 17.7 Å². The van der Waals surface area contributed by atoms with Crippen LogP contribution in [0.4, 0.5) is 10.5 Å². The highest BCUT2D eigenvalue weighted by Gasteiger charge is 2.29. The first-order chi connectivity index (χ1) is 8.20. The number of carbonyl (C=O) groups is 2. The maximum Gasteiger partial charge on any atom is 0.431 e. The molecule has 0 atom stereocenters. The molecule has 6 nitrogen and oxygen atoms in total. The molecule has 1 saturated heterocycles. The lowest BCUT2D eigenvalue weighted by atomic mass is 10.3. The topological polar surface area (TPSA) is 70.1 Å². The number of para-hydroxylation sites is 1. The van der Waals surface area contributed by atoms with Gasteiger partial charge >= 0.3 is 6.09 Å². The SMILES string of the molecule is O=C1COCCN1N(C(=O)O)c1ccccc1. The van der Waals surface area contributed by atoms with E-state index in [0.717, 1.165) is 5.01 Å². The molecule has 0 saturated carbocycles. The summed E-state index contributed by atoms with van der Waals surface area (Å²) in [5.41, 5.74) is 0.440. The van der Waals surface area contributed by atoms with E-state index >= 15 is 0 Å². The summed E-state index contributed by atoms with van der Waals surface area (Å²) in [7, 11) is 0. The molecule has 1 fully saturated rings. The van der Waals surface area contributed by atoms with Gasteiger partial charge in [0.1, 0.15) is 6.61 Å². The molecule has 0 aliphatic carbocycles. The maximum atomic E-state index is 11.6. The molecular formula is C11H12N2O4. The van der Waals surface area contributed by atoms with Crippen LogP contribution in [0, 0.1) is 0 Å². The largest absolute Gasteiger partial charge is 0.463 e. The van der Waals surface area contributed by atoms with Gasteiger partial charge in [0.25, 0.3) is 5.91 Å². The minimum absolute atomic E-state index is 0.0867. The number of hydrazine groups is 1. The van der Waals surface area contributed by atoms with E-state index in [1.807, 2.05) is 0 Å². The van der Waals surface area contributed by atoms with Crippen molar-refractivity contribution in [2.45, 2.75) is 0 Å². The minimum atomic E-state index is -1.19. The second-order valence-electron chi connectivity index (χ2n) is 3.50. The molecule has 6 heteroatoms. The van der Waals surface area contributed by atoms with E-state index in [9.17, 15) is 14.7 Å². The summed E-state index contributed by atoms with van der Waals surface area (Å²) < 4.78 is 4.97. The van der Waals surface area contributed by atoms with Crippen molar-refractivity contribution in [1.82, 2.24) is 5.01 Å². The van der Waals surface area contributed by atoms with Gasteiger partial charge in [-0.25, -0.2) is 9.80 Å². The number of nitrogens with zero attached hydrogens (tertiary/aromatic N) is 2. The van der Waals surface area contributed by atoms with Crippen LogP contribution in [0.25, 0.3) is 0 Å². The van der Waals surface area contributed by atoms with Crippen LogP contribution in [-0.2, 0) is 9.53 Å². The van der Waals surface area contributed by atoms with E-state index in [1.165, 1.54) is 5.01 Å². The van der Waals surface area contributed by atoms with Crippen molar-refractivity contribution in [3.63, 3.8) is 0 Å². The number of amides is 2. The summed E-state index contributed by atoms with van der Waals surface area (Å²) in [6.45, 7) is 0.485. The van der Waals surface area contributed by atoms with Crippen LogP contribution in [-0.4, -0.2) is 41.9 Å². The van der Waals surface area contributed by atoms with E-state index in [0.29, 0.717) is 12.3 Å². The molecule has 1 aromatic carbocycles. The van der Waals surface area contributed by atoms with E-state index in [2.05, 4.69) is 0 Å². The molecule has 0 unspecified atom stereocenters. The van der Waals surface area contributed by atoms with Gasteiger partial charge in [-0.05, 0) is 12.1 Å². The lowest BCUT2D eigenvalue weighted by molar-refractivity contribution is -0.143. The van der Waals surface area contributed by atoms with E-state index in [-0.39, 0.29) is 19.1 Å². The molecule has 1 N–H and O–H groups in total. The lowest BCUT2D eigenvalue weighted by Gasteiger charge is -2.34. The predicted octanol–water partition coefficient (Wildman–Crippen LogP) is 0.945. The second-order valence-corrected chi connectivity index (χ2v) is 3.50. The Morgan fingerprint density at radius 2 is 2.06 bits per heavy atom. The number of anilines is 1. The molecule has 1 aromatic rings. The Morgan fingerprint density at radius 1 is 1.35 bits per heavy atom. The van der Waals surface area contributed by atoms with Crippen LogP contribution in [0.1, 0.15) is 0 Å². The lowest BCUT2D eigenvalue weighted by Crippen LogP contribution is -2.54. The van der Waals surface area contributed by atoms with Crippen LogP contribution < -0.4 is 5.01 Å². The van der Waals surface area contributed by atoms with Gasteiger partial charge in [-0.15, -0.1) is 0 Å². The monoisotopic (exact) mass is 236 g/mol. The molecule has 0 spiro atoms. The van der Waals surface area contributed by atoms with Crippen LogP contribution in [0.2, 0.25) is 0 Å². The predicted molar refractivity (Wildman–Crippen MR) is 59.5 cm³/mol. The molecule has 0 radical (unpaired) electrons. The standard InChI is InChI=1S/C11H12N2O4/c14-10-8-17-7-6-12(10)13(11(15)16)9-4-2-1-3-5-9/h1-5H,6-8H2,(H,15,16). The Balaban J connectivity index is 2.29. The van der Waals surface area contributed by atoms with Gasteiger partial charge in [0.05, 0.1) is 18.8 Å². The highest BCUT2D eigenvalue weighted by molar-refractivity contribution is 5.91. The third kappa shape index (κ3) is 2.36. The van der Waals surface area contributed by atoms with Gasteiger partial charge < -0.3 is 9.84 Å². The smallest absolute Gasteiger partial charge is 0.431 e. The Bertz CT molecular complexity index is 421. The number of morpholine rings is 1. The zero-order chi connectivity index (χ0) is 12.3. The number of hydrogen-bond acceptors (Lipinski definition) is 3. The van der Waals surface area contributed by atoms with Crippen LogP contribution in [0.15, 0.2) is 30.3 Å². The van der Waals surface area contributed by atoms with Gasteiger partial charge in [0.2, 0.25) is 0 Å². The first-order valence-electron chi connectivity index (χ1n) is 5.16. The van der Waals surface area contributed by atoms with Crippen LogP contribution >= 0.6 is 0 Å². The zero-order valence-electron chi connectivity index (χ0n) is 9.07. The summed E-state index contributed by atoms with van der Waals surface area (Å²) in [6.07, 6.45) is -1.19. The Kier molecular flexibility index (Phi) is 3.24. The Labute approximate surface area is 98.0 Å². The van der Waals surface area contributed by atoms with Crippen LogP contribution in [0.3, 0.4) is 0 Å². The average molecular weight is 236 g/mol. The number of ether oxygens (including phenoxy) is 1. The first kappa shape index (κ1) is 11.4. The third-order valence-electron chi connectivity index (χ3n) is 2.38. The summed E-state index contributed by atoms with van der Waals surface area (Å²) in [4.78, 5) is 22.8. The van der Waals surface area contributed by atoms with Gasteiger partial charge in [0.15, 0.2) is 0 Å². The van der Waals surface area contributed by atoms with Gasteiger partial charge in [-0.2, -0.15) is 5.01 Å². The highest BCUT2D eigenvalue weighted by atomic mass is 16.5. The fourth-order valence-electron chi connectivity index (χ4n) is 1.64. The first-order valence-corrected chi connectivity index (χ1v) is 5.16. The Morgan fingerprint density at radius 3 is 2.65 bits per heavy atom. The molecule has 1 heterocycles. The quantitative estimate of drug-likeness (QED) is 0.829. The summed E-state index contributed by atoms with van der Waals surface area (Å²) >= 11 is 0. The fourth-order valence-corrected chi connectivity index (χ4v) is 1.64. The molecule has 17 heavy (non-hydrogen) atoms. The number of carboxylic acid groups (broad SMARTS) is 1. The van der Waals surface area contributed by atoms with E-state index in [1.54, 1.807) is 30.3 Å². The molecule has 0 aromatic heterocycles.